The first-order chi connectivity index (χ1) is 14.5. The van der Waals surface area contributed by atoms with E-state index in [4.69, 9.17) is 25.8 Å². The Balaban J connectivity index is 1.45. The summed E-state index contributed by atoms with van der Waals surface area (Å²) >= 11 is 6.29. The van der Waals surface area contributed by atoms with Gasteiger partial charge in [0.1, 0.15) is 11.9 Å². The number of rotatable bonds is 5. The molecule has 2 aromatic heterocycles. The van der Waals surface area contributed by atoms with Crippen LogP contribution in [0.2, 0.25) is 5.02 Å². The van der Waals surface area contributed by atoms with E-state index in [9.17, 15) is 4.79 Å². The van der Waals surface area contributed by atoms with Crippen molar-refractivity contribution >= 4 is 17.5 Å². The summed E-state index contributed by atoms with van der Waals surface area (Å²) < 4.78 is 11.1. The summed E-state index contributed by atoms with van der Waals surface area (Å²) in [4.78, 5) is 19.5. The van der Waals surface area contributed by atoms with E-state index < -0.39 is 0 Å². The van der Waals surface area contributed by atoms with E-state index in [1.165, 1.54) is 0 Å². The molecule has 1 aromatic carbocycles. The van der Waals surface area contributed by atoms with Crippen molar-refractivity contribution in [3.8, 4) is 0 Å². The summed E-state index contributed by atoms with van der Waals surface area (Å²) in [6, 6.07) is 13.7. The largest absolute Gasteiger partial charge is 0.368 e. The zero-order valence-electron chi connectivity index (χ0n) is 17.1. The van der Waals surface area contributed by atoms with Gasteiger partial charge in [0.15, 0.2) is 0 Å². The average molecular weight is 426 g/mol. The first kappa shape index (κ1) is 20.6. The Hall–Kier alpha value is -2.70. The fraction of sp³-hybridized carbons (Fsp3) is 0.348. The number of hydrogen-bond acceptors (Lipinski definition) is 5. The Morgan fingerprint density at radius 2 is 2.03 bits per heavy atom. The molecule has 1 fully saturated rings. The van der Waals surface area contributed by atoms with Gasteiger partial charge in [-0.25, -0.2) is 0 Å². The van der Waals surface area contributed by atoms with Crippen LogP contribution in [0.1, 0.15) is 40.1 Å². The lowest BCUT2D eigenvalue weighted by Gasteiger charge is -2.33. The van der Waals surface area contributed by atoms with E-state index in [0.29, 0.717) is 31.9 Å². The molecule has 0 saturated carbocycles. The minimum absolute atomic E-state index is 0.0462. The van der Waals surface area contributed by atoms with Gasteiger partial charge >= 0.3 is 0 Å². The molecule has 1 amide bonds. The molecule has 0 radical (unpaired) electrons. The molecule has 1 saturated heterocycles. The number of aryl methyl sites for hydroxylation is 2. The van der Waals surface area contributed by atoms with E-state index in [1.807, 2.05) is 61.2 Å². The molecular formula is C23H24ClN3O3. The highest BCUT2D eigenvalue weighted by molar-refractivity contribution is 6.31. The van der Waals surface area contributed by atoms with Crippen molar-refractivity contribution in [1.29, 1.82) is 0 Å². The topological polar surface area (TPSA) is 68.5 Å². The second-order valence-corrected chi connectivity index (χ2v) is 7.91. The van der Waals surface area contributed by atoms with Crippen LogP contribution < -0.4 is 0 Å². The van der Waals surface area contributed by atoms with Crippen LogP contribution in [-0.4, -0.2) is 40.6 Å². The van der Waals surface area contributed by atoms with Gasteiger partial charge in [0.05, 0.1) is 31.0 Å². The van der Waals surface area contributed by atoms with Crippen LogP contribution in [0, 0.1) is 13.8 Å². The number of ether oxygens (including phenoxy) is 1. The van der Waals surface area contributed by atoms with Gasteiger partial charge in [0.2, 0.25) is 5.91 Å². The van der Waals surface area contributed by atoms with Crippen LogP contribution in [0.5, 0.6) is 0 Å². The second-order valence-electron chi connectivity index (χ2n) is 7.50. The quantitative estimate of drug-likeness (QED) is 0.616. The zero-order valence-corrected chi connectivity index (χ0v) is 17.9. The van der Waals surface area contributed by atoms with E-state index in [2.05, 4.69) is 5.16 Å². The molecule has 0 bridgehead atoms. The van der Waals surface area contributed by atoms with E-state index in [0.717, 1.165) is 33.2 Å². The second kappa shape index (κ2) is 8.98. The minimum atomic E-state index is -0.251. The fourth-order valence-corrected chi connectivity index (χ4v) is 3.89. The Labute approximate surface area is 180 Å². The van der Waals surface area contributed by atoms with Gasteiger partial charge < -0.3 is 14.2 Å². The molecule has 156 valence electrons. The van der Waals surface area contributed by atoms with Gasteiger partial charge in [-0.2, -0.15) is 0 Å². The number of carbonyl (C=O) groups excluding carboxylic acids is 1. The van der Waals surface area contributed by atoms with Crippen LogP contribution in [0.15, 0.2) is 47.0 Å². The smallest absolute Gasteiger partial charge is 0.227 e. The zero-order chi connectivity index (χ0) is 21.1. The molecule has 1 unspecified atom stereocenters. The summed E-state index contributed by atoms with van der Waals surface area (Å²) in [5.74, 6) is 0.740. The SMILES string of the molecule is Cc1noc(C)c1CC(=O)N1CCOC(c2cccc(Cc3ccccc3Cl)n2)C1. The molecular weight excluding hydrogens is 402 g/mol. The number of nitrogens with zero attached hydrogens (tertiary/aromatic N) is 3. The molecule has 6 nitrogen and oxygen atoms in total. The average Bonchev–Trinajstić information content (AvgIpc) is 3.08. The molecule has 0 spiro atoms. The maximum absolute atomic E-state index is 12.9. The number of halogens is 1. The molecule has 3 heterocycles. The summed E-state index contributed by atoms with van der Waals surface area (Å²) in [6.07, 6.45) is 0.682. The monoisotopic (exact) mass is 425 g/mol. The maximum Gasteiger partial charge on any atom is 0.227 e. The number of benzene rings is 1. The van der Waals surface area contributed by atoms with Gasteiger partial charge in [-0.3, -0.25) is 9.78 Å². The van der Waals surface area contributed by atoms with Crippen LogP contribution in [-0.2, 0) is 22.4 Å². The predicted molar refractivity (Wildman–Crippen MR) is 113 cm³/mol. The molecule has 1 aliphatic rings. The van der Waals surface area contributed by atoms with Gasteiger partial charge in [-0.1, -0.05) is 41.0 Å². The van der Waals surface area contributed by atoms with Crippen molar-refractivity contribution in [1.82, 2.24) is 15.0 Å². The molecule has 1 atom stereocenters. The fourth-order valence-electron chi connectivity index (χ4n) is 3.68. The Kier molecular flexibility index (Phi) is 6.16. The van der Waals surface area contributed by atoms with Crippen LogP contribution in [0.3, 0.4) is 0 Å². The molecule has 0 aliphatic carbocycles. The van der Waals surface area contributed by atoms with E-state index >= 15 is 0 Å². The maximum atomic E-state index is 12.9. The third-order valence-electron chi connectivity index (χ3n) is 5.42. The lowest BCUT2D eigenvalue weighted by Crippen LogP contribution is -2.43. The molecule has 4 rings (SSSR count). The number of amides is 1. The Morgan fingerprint density at radius 1 is 1.20 bits per heavy atom. The molecule has 7 heteroatoms. The summed E-state index contributed by atoms with van der Waals surface area (Å²) in [6.45, 7) is 5.21. The molecule has 30 heavy (non-hydrogen) atoms. The van der Waals surface area contributed by atoms with Crippen LogP contribution in [0.4, 0.5) is 0 Å². The normalized spacial score (nSPS) is 16.6. The van der Waals surface area contributed by atoms with Gasteiger partial charge in [-0.15, -0.1) is 0 Å². The third-order valence-corrected chi connectivity index (χ3v) is 5.78. The predicted octanol–water partition coefficient (Wildman–Crippen LogP) is 4.07. The minimum Gasteiger partial charge on any atom is -0.368 e. The van der Waals surface area contributed by atoms with Gasteiger partial charge in [0, 0.05) is 29.2 Å². The van der Waals surface area contributed by atoms with Gasteiger partial charge in [-0.05, 0) is 37.6 Å². The molecule has 3 aromatic rings. The lowest BCUT2D eigenvalue weighted by atomic mass is 10.1. The first-order valence-electron chi connectivity index (χ1n) is 10.0. The number of hydrogen-bond donors (Lipinski definition) is 0. The number of pyridine rings is 1. The lowest BCUT2D eigenvalue weighted by molar-refractivity contribution is -0.138. The van der Waals surface area contributed by atoms with Crippen molar-refractivity contribution < 1.29 is 14.1 Å². The highest BCUT2D eigenvalue weighted by Crippen LogP contribution is 2.24. The van der Waals surface area contributed by atoms with E-state index in [-0.39, 0.29) is 18.4 Å². The Bertz CT molecular complexity index is 1030. The summed E-state index contributed by atoms with van der Waals surface area (Å²) in [7, 11) is 0. The van der Waals surface area contributed by atoms with Crippen molar-refractivity contribution in [2.24, 2.45) is 0 Å². The number of carbonyl (C=O) groups is 1. The molecule has 1 aliphatic heterocycles. The number of aromatic nitrogens is 2. The van der Waals surface area contributed by atoms with Crippen molar-refractivity contribution in [3.63, 3.8) is 0 Å². The highest BCUT2D eigenvalue weighted by atomic mass is 35.5. The summed E-state index contributed by atoms with van der Waals surface area (Å²) in [5.41, 5.74) is 4.41. The van der Waals surface area contributed by atoms with Crippen LogP contribution >= 0.6 is 11.6 Å². The first-order valence-corrected chi connectivity index (χ1v) is 10.4. The van der Waals surface area contributed by atoms with Crippen molar-refractivity contribution in [2.45, 2.75) is 32.8 Å². The summed E-state index contributed by atoms with van der Waals surface area (Å²) in [5, 5.41) is 4.67. The Morgan fingerprint density at radius 3 is 2.80 bits per heavy atom. The van der Waals surface area contributed by atoms with Crippen LogP contribution in [0.25, 0.3) is 0 Å². The third kappa shape index (κ3) is 4.55. The number of morpholine rings is 1. The van der Waals surface area contributed by atoms with Gasteiger partial charge in [0.25, 0.3) is 0 Å². The molecule has 0 N–H and O–H groups in total. The standard InChI is InChI=1S/C23H24ClN3O3/c1-15-19(16(2)30-26-15)13-23(28)27-10-11-29-22(14-27)21-9-5-7-18(25-21)12-17-6-3-4-8-20(17)24/h3-9,22H,10-14H2,1-2H3. The highest BCUT2D eigenvalue weighted by Gasteiger charge is 2.27. The van der Waals surface area contributed by atoms with Crippen molar-refractivity contribution in [3.05, 3.63) is 81.5 Å². The van der Waals surface area contributed by atoms with E-state index in [1.54, 1.807) is 0 Å². The van der Waals surface area contributed by atoms with Crippen molar-refractivity contribution in [2.75, 3.05) is 19.7 Å².